The Labute approximate surface area is 196 Å². The van der Waals surface area contributed by atoms with E-state index in [4.69, 9.17) is 25.8 Å². The van der Waals surface area contributed by atoms with Gasteiger partial charge in [-0.2, -0.15) is 5.01 Å². The molecule has 3 rings (SSSR count). The van der Waals surface area contributed by atoms with Crippen LogP contribution in [0.2, 0.25) is 5.02 Å². The maximum absolute atomic E-state index is 12.5. The van der Waals surface area contributed by atoms with E-state index >= 15 is 0 Å². The second kappa shape index (κ2) is 9.91. The van der Waals surface area contributed by atoms with Crippen LogP contribution in [-0.2, 0) is 19.1 Å². The van der Waals surface area contributed by atoms with Gasteiger partial charge in [-0.1, -0.05) is 11.6 Å². The van der Waals surface area contributed by atoms with E-state index in [1.165, 1.54) is 32.8 Å². The molecule has 0 bridgehead atoms. The van der Waals surface area contributed by atoms with Crippen molar-refractivity contribution in [2.75, 3.05) is 18.6 Å². The Hall–Kier alpha value is -3.59. The van der Waals surface area contributed by atoms with Crippen LogP contribution in [0.1, 0.15) is 31.9 Å². The Bertz CT molecular complexity index is 1130. The number of hydrogen-bond acceptors (Lipinski definition) is 7. The number of aryl methyl sites for hydroxylation is 1. The minimum Gasteiger partial charge on any atom is -0.497 e. The van der Waals surface area contributed by atoms with Crippen LogP contribution in [0.5, 0.6) is 11.5 Å². The number of rotatable bonds is 6. The van der Waals surface area contributed by atoms with Gasteiger partial charge >= 0.3 is 5.97 Å². The van der Waals surface area contributed by atoms with Gasteiger partial charge in [-0.15, -0.1) is 5.10 Å². The largest absolute Gasteiger partial charge is 0.497 e. The number of carbonyl (C=O) groups is 3. The van der Waals surface area contributed by atoms with Gasteiger partial charge in [0.1, 0.15) is 11.5 Å². The molecular formula is C23H24ClN3O6. The van der Waals surface area contributed by atoms with Crippen LogP contribution in [0.25, 0.3) is 0 Å². The smallest absolute Gasteiger partial charge is 0.308 e. The molecule has 0 unspecified atom stereocenters. The van der Waals surface area contributed by atoms with Gasteiger partial charge in [-0.05, 0) is 48.9 Å². The third kappa shape index (κ3) is 5.43. The van der Waals surface area contributed by atoms with Crippen molar-refractivity contribution in [3.05, 3.63) is 52.5 Å². The van der Waals surface area contributed by atoms with E-state index in [2.05, 4.69) is 5.10 Å². The predicted molar refractivity (Wildman–Crippen MR) is 122 cm³/mol. The summed E-state index contributed by atoms with van der Waals surface area (Å²) < 4.78 is 16.5. The van der Waals surface area contributed by atoms with Crippen LogP contribution < -0.4 is 14.4 Å². The fraction of sp³-hybridized carbons (Fsp3) is 0.304. The lowest BCUT2D eigenvalue weighted by molar-refractivity contribution is -0.135. The molecule has 1 heterocycles. The fourth-order valence-electron chi connectivity index (χ4n) is 3.39. The van der Waals surface area contributed by atoms with Gasteiger partial charge < -0.3 is 19.1 Å². The summed E-state index contributed by atoms with van der Waals surface area (Å²) in [4.78, 5) is 37.8. The SMILES string of the molecule is COc1ccc(OC(C)=O)c(C2=NN(C(C)=O)[C@@H](CN(C(C)=O)c3ccc(Cl)cc3C)O2)c1. The van der Waals surface area contributed by atoms with Crippen LogP contribution >= 0.6 is 11.6 Å². The molecule has 0 saturated carbocycles. The lowest BCUT2D eigenvalue weighted by Gasteiger charge is -2.28. The Balaban J connectivity index is 1.96. The highest BCUT2D eigenvalue weighted by atomic mass is 35.5. The molecule has 1 aliphatic rings. The van der Waals surface area contributed by atoms with Crippen molar-refractivity contribution < 1.29 is 28.6 Å². The molecular weight excluding hydrogens is 450 g/mol. The average Bonchev–Trinajstić information content (AvgIpc) is 3.16. The molecule has 9 nitrogen and oxygen atoms in total. The summed E-state index contributed by atoms with van der Waals surface area (Å²) in [5, 5.41) is 5.99. The lowest BCUT2D eigenvalue weighted by Crippen LogP contribution is -2.44. The van der Waals surface area contributed by atoms with Gasteiger partial charge in [0.05, 0.1) is 19.2 Å². The summed E-state index contributed by atoms with van der Waals surface area (Å²) in [5.74, 6) is -0.427. The zero-order chi connectivity index (χ0) is 24.3. The average molecular weight is 474 g/mol. The minimum atomic E-state index is -0.909. The molecule has 0 aromatic heterocycles. The first-order valence-corrected chi connectivity index (χ1v) is 10.4. The van der Waals surface area contributed by atoms with Crippen LogP contribution in [0.15, 0.2) is 41.5 Å². The van der Waals surface area contributed by atoms with Crippen LogP contribution in [0.4, 0.5) is 5.69 Å². The molecule has 0 aliphatic carbocycles. The van der Waals surface area contributed by atoms with Crippen LogP contribution in [0.3, 0.4) is 0 Å². The van der Waals surface area contributed by atoms with E-state index in [9.17, 15) is 14.4 Å². The monoisotopic (exact) mass is 473 g/mol. The number of hydrogen-bond donors (Lipinski definition) is 0. The Morgan fingerprint density at radius 1 is 1.15 bits per heavy atom. The highest BCUT2D eigenvalue weighted by molar-refractivity contribution is 6.30. The number of amides is 2. The van der Waals surface area contributed by atoms with Crippen LogP contribution in [-0.4, -0.2) is 48.6 Å². The minimum absolute atomic E-state index is 0.0112. The van der Waals surface area contributed by atoms with Gasteiger partial charge in [-0.25, -0.2) is 0 Å². The Morgan fingerprint density at radius 3 is 2.45 bits per heavy atom. The Morgan fingerprint density at radius 2 is 1.88 bits per heavy atom. The summed E-state index contributed by atoms with van der Waals surface area (Å²) in [5.41, 5.74) is 1.75. The molecule has 0 spiro atoms. The van der Waals surface area contributed by atoms with E-state index in [0.717, 1.165) is 10.6 Å². The second-order valence-corrected chi connectivity index (χ2v) is 7.79. The molecule has 0 N–H and O–H groups in total. The van der Waals surface area contributed by atoms with Gasteiger partial charge in [0.25, 0.3) is 0 Å². The number of anilines is 1. The van der Waals surface area contributed by atoms with Crippen molar-refractivity contribution in [3.63, 3.8) is 0 Å². The van der Waals surface area contributed by atoms with Gasteiger partial charge in [0.2, 0.25) is 23.9 Å². The zero-order valence-electron chi connectivity index (χ0n) is 18.9. The maximum Gasteiger partial charge on any atom is 0.308 e. The highest BCUT2D eigenvalue weighted by Gasteiger charge is 2.36. The van der Waals surface area contributed by atoms with E-state index in [0.29, 0.717) is 22.0 Å². The standard InChI is InChI=1S/C23H24ClN3O6/c1-13-10-17(24)6-8-20(13)26(14(2)28)12-22-27(15(3)29)25-23(33-22)19-11-18(31-5)7-9-21(19)32-16(4)30/h6-11,22H,12H2,1-5H3/t22-/m1/s1. The second-order valence-electron chi connectivity index (χ2n) is 7.36. The van der Waals surface area contributed by atoms with Crippen molar-refractivity contribution in [1.82, 2.24) is 5.01 Å². The summed E-state index contributed by atoms with van der Waals surface area (Å²) in [6, 6.07) is 9.92. The van der Waals surface area contributed by atoms with Crippen molar-refractivity contribution in [3.8, 4) is 11.5 Å². The number of ether oxygens (including phenoxy) is 3. The third-order valence-electron chi connectivity index (χ3n) is 4.88. The topological polar surface area (TPSA) is 97.7 Å². The number of hydrazone groups is 1. The van der Waals surface area contributed by atoms with E-state index in [1.807, 2.05) is 6.92 Å². The third-order valence-corrected chi connectivity index (χ3v) is 5.12. The molecule has 0 radical (unpaired) electrons. The molecule has 2 amide bonds. The molecule has 1 aliphatic heterocycles. The number of carbonyl (C=O) groups excluding carboxylic acids is 3. The molecule has 2 aromatic rings. The number of benzene rings is 2. The summed E-state index contributed by atoms with van der Waals surface area (Å²) in [6.45, 7) is 5.88. The molecule has 2 aromatic carbocycles. The van der Waals surface area contributed by atoms with Crippen molar-refractivity contribution in [1.29, 1.82) is 0 Å². The number of halogens is 1. The zero-order valence-corrected chi connectivity index (χ0v) is 19.7. The molecule has 174 valence electrons. The molecule has 33 heavy (non-hydrogen) atoms. The Kier molecular flexibility index (Phi) is 7.23. The molecule has 0 fully saturated rings. The van der Waals surface area contributed by atoms with E-state index < -0.39 is 12.2 Å². The van der Waals surface area contributed by atoms with Gasteiger partial charge in [-0.3, -0.25) is 14.4 Å². The lowest BCUT2D eigenvalue weighted by atomic mass is 10.1. The normalized spacial score (nSPS) is 14.9. The predicted octanol–water partition coefficient (Wildman–Crippen LogP) is 3.50. The molecule has 0 saturated heterocycles. The number of methoxy groups -OCH3 is 1. The van der Waals surface area contributed by atoms with Gasteiger partial charge in [0.15, 0.2) is 0 Å². The van der Waals surface area contributed by atoms with Crippen molar-refractivity contribution >= 4 is 41.0 Å². The summed E-state index contributed by atoms with van der Waals surface area (Å²) in [6.07, 6.45) is -0.909. The quantitative estimate of drug-likeness (QED) is 0.470. The fourth-order valence-corrected chi connectivity index (χ4v) is 3.62. The summed E-state index contributed by atoms with van der Waals surface area (Å²) >= 11 is 6.05. The molecule has 1 atom stereocenters. The van der Waals surface area contributed by atoms with Crippen molar-refractivity contribution in [2.45, 2.75) is 33.9 Å². The number of nitrogens with zero attached hydrogens (tertiary/aromatic N) is 3. The maximum atomic E-state index is 12.5. The summed E-state index contributed by atoms with van der Waals surface area (Å²) in [7, 11) is 1.49. The van der Waals surface area contributed by atoms with Crippen LogP contribution in [0, 0.1) is 6.92 Å². The van der Waals surface area contributed by atoms with Crippen molar-refractivity contribution in [2.24, 2.45) is 5.10 Å². The number of esters is 1. The van der Waals surface area contributed by atoms with Gasteiger partial charge in [0, 0.05) is 31.5 Å². The molecule has 10 heteroatoms. The van der Waals surface area contributed by atoms with E-state index in [-0.39, 0.29) is 30.0 Å². The highest BCUT2D eigenvalue weighted by Crippen LogP contribution is 2.30. The first-order valence-electron chi connectivity index (χ1n) is 10.1. The first-order chi connectivity index (χ1) is 15.6. The first kappa shape index (κ1) is 24.1. The van der Waals surface area contributed by atoms with E-state index in [1.54, 1.807) is 36.4 Å².